The summed E-state index contributed by atoms with van der Waals surface area (Å²) < 4.78 is 0. The maximum Gasteiger partial charge on any atom is 0.273 e. The van der Waals surface area contributed by atoms with Crippen LogP contribution in [0.1, 0.15) is 36.7 Å². The van der Waals surface area contributed by atoms with Crippen LogP contribution in [0, 0.1) is 0 Å². The second kappa shape index (κ2) is 6.61. The van der Waals surface area contributed by atoms with Gasteiger partial charge in [0.2, 0.25) is 0 Å². The number of carbonyl (C=O) groups excluding carboxylic acids is 1. The zero-order chi connectivity index (χ0) is 13.8. The summed E-state index contributed by atoms with van der Waals surface area (Å²) in [6.45, 7) is 2.85. The zero-order valence-corrected chi connectivity index (χ0v) is 13.3. The first-order chi connectivity index (χ1) is 9.17. The lowest BCUT2D eigenvalue weighted by molar-refractivity contribution is 0.0733. The molecule has 0 unspecified atom stereocenters. The molecule has 19 heavy (non-hydrogen) atoms. The normalized spacial score (nSPS) is 22.5. The summed E-state index contributed by atoms with van der Waals surface area (Å²) in [7, 11) is 1.91. The number of thioether (sulfide) groups is 1. The number of nitrogens with zero attached hydrogens (tertiary/aromatic N) is 2. The van der Waals surface area contributed by atoms with Crippen LogP contribution in [0.2, 0.25) is 0 Å². The van der Waals surface area contributed by atoms with Gasteiger partial charge in [-0.25, -0.2) is 4.98 Å². The van der Waals surface area contributed by atoms with Gasteiger partial charge in [0.05, 0.1) is 0 Å². The van der Waals surface area contributed by atoms with E-state index in [1.807, 2.05) is 36.0 Å². The molecule has 4 nitrogen and oxygen atoms in total. The van der Waals surface area contributed by atoms with E-state index >= 15 is 0 Å². The molecule has 0 radical (unpaired) electrons. The van der Waals surface area contributed by atoms with Crippen LogP contribution in [-0.2, 0) is 0 Å². The third kappa shape index (κ3) is 3.23. The fourth-order valence-corrected chi connectivity index (χ4v) is 4.35. The van der Waals surface area contributed by atoms with E-state index in [2.05, 4.69) is 16.6 Å². The van der Waals surface area contributed by atoms with Gasteiger partial charge in [-0.2, -0.15) is 11.8 Å². The SMILES string of the molecule is CCNc1nc(C(=O)N(C)[C@@H]2CCC[C@H]2SC)cs1. The molecule has 0 saturated heterocycles. The van der Waals surface area contributed by atoms with Gasteiger partial charge in [-0.3, -0.25) is 4.79 Å². The van der Waals surface area contributed by atoms with E-state index in [4.69, 9.17) is 0 Å². The lowest BCUT2D eigenvalue weighted by Crippen LogP contribution is -2.40. The van der Waals surface area contributed by atoms with Gasteiger partial charge >= 0.3 is 0 Å². The van der Waals surface area contributed by atoms with Gasteiger partial charge in [-0.1, -0.05) is 6.42 Å². The van der Waals surface area contributed by atoms with Gasteiger partial charge in [-0.15, -0.1) is 11.3 Å². The third-order valence-corrected chi connectivity index (χ3v) is 5.54. The summed E-state index contributed by atoms with van der Waals surface area (Å²) in [4.78, 5) is 18.7. The van der Waals surface area contributed by atoms with Gasteiger partial charge in [0.15, 0.2) is 5.13 Å². The van der Waals surface area contributed by atoms with Crippen molar-refractivity contribution in [3.63, 3.8) is 0 Å². The van der Waals surface area contributed by atoms with Gasteiger partial charge in [-0.05, 0) is 26.0 Å². The van der Waals surface area contributed by atoms with Crippen molar-refractivity contribution in [1.29, 1.82) is 0 Å². The number of hydrogen-bond acceptors (Lipinski definition) is 5. The fraction of sp³-hybridized carbons (Fsp3) is 0.692. The first-order valence-electron chi connectivity index (χ1n) is 6.66. The highest BCUT2D eigenvalue weighted by Crippen LogP contribution is 2.32. The lowest BCUT2D eigenvalue weighted by Gasteiger charge is -2.28. The van der Waals surface area contributed by atoms with E-state index in [9.17, 15) is 4.79 Å². The van der Waals surface area contributed by atoms with E-state index in [0.29, 0.717) is 17.0 Å². The van der Waals surface area contributed by atoms with Crippen molar-refractivity contribution in [3.8, 4) is 0 Å². The molecule has 1 amide bonds. The Morgan fingerprint density at radius 3 is 3.11 bits per heavy atom. The predicted molar refractivity (Wildman–Crippen MR) is 83.3 cm³/mol. The number of amides is 1. The number of hydrogen-bond donors (Lipinski definition) is 1. The molecule has 1 heterocycles. The lowest BCUT2D eigenvalue weighted by atomic mass is 10.2. The molecule has 106 valence electrons. The summed E-state index contributed by atoms with van der Waals surface area (Å²) in [6, 6.07) is 0.354. The molecule has 1 N–H and O–H groups in total. The highest BCUT2D eigenvalue weighted by atomic mass is 32.2. The van der Waals surface area contributed by atoms with Crippen LogP contribution in [0.25, 0.3) is 0 Å². The topological polar surface area (TPSA) is 45.2 Å². The molecule has 2 rings (SSSR count). The summed E-state index contributed by atoms with van der Waals surface area (Å²) >= 11 is 3.36. The summed E-state index contributed by atoms with van der Waals surface area (Å²) in [6.07, 6.45) is 5.67. The Labute approximate surface area is 123 Å². The minimum atomic E-state index is 0.0475. The quantitative estimate of drug-likeness (QED) is 0.908. The molecule has 1 saturated carbocycles. The second-order valence-corrected chi connectivity index (χ2v) is 6.69. The monoisotopic (exact) mass is 299 g/mol. The number of aromatic nitrogens is 1. The smallest absolute Gasteiger partial charge is 0.273 e. The number of carbonyl (C=O) groups is 1. The first-order valence-corrected chi connectivity index (χ1v) is 8.83. The van der Waals surface area contributed by atoms with Crippen molar-refractivity contribution in [3.05, 3.63) is 11.1 Å². The molecule has 1 aliphatic carbocycles. The van der Waals surface area contributed by atoms with E-state index in [1.54, 1.807) is 0 Å². The minimum Gasteiger partial charge on any atom is -0.362 e. The number of nitrogens with one attached hydrogen (secondary N) is 1. The molecule has 2 atom stereocenters. The average molecular weight is 299 g/mol. The first kappa shape index (κ1) is 14.7. The largest absolute Gasteiger partial charge is 0.362 e. The molecule has 0 aromatic carbocycles. The Bertz CT molecular complexity index is 435. The number of rotatable bonds is 5. The molecule has 1 aromatic rings. The van der Waals surface area contributed by atoms with Crippen molar-refractivity contribution >= 4 is 34.1 Å². The number of anilines is 1. The Morgan fingerprint density at radius 1 is 1.63 bits per heavy atom. The van der Waals surface area contributed by atoms with Gasteiger partial charge in [0.25, 0.3) is 5.91 Å². The predicted octanol–water partition coefficient (Wildman–Crippen LogP) is 2.93. The molecule has 0 bridgehead atoms. The van der Waals surface area contributed by atoms with Crippen molar-refractivity contribution in [1.82, 2.24) is 9.88 Å². The van der Waals surface area contributed by atoms with Crippen LogP contribution in [-0.4, -0.2) is 46.9 Å². The number of thiazole rings is 1. The molecule has 1 fully saturated rings. The van der Waals surface area contributed by atoms with E-state index in [1.165, 1.54) is 24.2 Å². The molecule has 1 aromatic heterocycles. The summed E-state index contributed by atoms with van der Waals surface area (Å²) in [5, 5.41) is 6.39. The Hall–Kier alpha value is -0.750. The van der Waals surface area contributed by atoms with Crippen LogP contribution in [0.15, 0.2) is 5.38 Å². The van der Waals surface area contributed by atoms with Crippen molar-refractivity contribution in [2.45, 2.75) is 37.5 Å². The van der Waals surface area contributed by atoms with E-state index in [-0.39, 0.29) is 5.91 Å². The molecule has 6 heteroatoms. The van der Waals surface area contributed by atoms with Gasteiger partial charge < -0.3 is 10.2 Å². The molecule has 0 spiro atoms. The molecular weight excluding hydrogens is 278 g/mol. The van der Waals surface area contributed by atoms with Gasteiger partial charge in [0.1, 0.15) is 5.69 Å². The van der Waals surface area contributed by atoms with Gasteiger partial charge in [0, 0.05) is 30.3 Å². The van der Waals surface area contributed by atoms with Crippen LogP contribution in [0.3, 0.4) is 0 Å². The van der Waals surface area contributed by atoms with Crippen molar-refractivity contribution in [2.24, 2.45) is 0 Å². The van der Waals surface area contributed by atoms with E-state index in [0.717, 1.165) is 18.1 Å². The highest BCUT2D eigenvalue weighted by molar-refractivity contribution is 7.99. The Morgan fingerprint density at radius 2 is 2.42 bits per heavy atom. The van der Waals surface area contributed by atoms with E-state index < -0.39 is 0 Å². The van der Waals surface area contributed by atoms with Crippen LogP contribution >= 0.6 is 23.1 Å². The standard InChI is InChI=1S/C13H21N3OS2/c1-4-14-13-15-9(8-19-13)12(17)16(2)10-6-5-7-11(10)18-3/h8,10-11H,4-7H2,1-3H3,(H,14,15)/t10-,11-/m1/s1. The van der Waals surface area contributed by atoms with Crippen molar-refractivity contribution < 1.29 is 4.79 Å². The molecule has 1 aliphatic rings. The zero-order valence-electron chi connectivity index (χ0n) is 11.7. The highest BCUT2D eigenvalue weighted by Gasteiger charge is 2.33. The third-order valence-electron chi connectivity index (χ3n) is 3.59. The second-order valence-electron chi connectivity index (χ2n) is 4.76. The van der Waals surface area contributed by atoms with Crippen LogP contribution in [0.4, 0.5) is 5.13 Å². The maximum atomic E-state index is 12.4. The minimum absolute atomic E-state index is 0.0475. The van der Waals surface area contributed by atoms with Crippen molar-refractivity contribution in [2.75, 3.05) is 25.2 Å². The molecule has 0 aliphatic heterocycles. The van der Waals surface area contributed by atoms with Crippen LogP contribution in [0.5, 0.6) is 0 Å². The summed E-state index contributed by atoms with van der Waals surface area (Å²) in [5.74, 6) is 0.0475. The maximum absolute atomic E-state index is 12.4. The molecular formula is C13H21N3OS2. The fourth-order valence-electron chi connectivity index (χ4n) is 2.56. The average Bonchev–Trinajstić information content (AvgIpc) is 3.05. The Kier molecular flexibility index (Phi) is 5.10. The summed E-state index contributed by atoms with van der Waals surface area (Å²) in [5.41, 5.74) is 0.565. The van der Waals surface area contributed by atoms with Crippen LogP contribution < -0.4 is 5.32 Å². The Balaban J connectivity index is 2.05.